The lowest BCUT2D eigenvalue weighted by Crippen LogP contribution is -2.34. The van der Waals surface area contributed by atoms with Crippen LogP contribution >= 0.6 is 0 Å². The van der Waals surface area contributed by atoms with Gasteiger partial charge in [-0.05, 0) is 31.0 Å². The van der Waals surface area contributed by atoms with Crippen LogP contribution in [-0.4, -0.2) is 19.4 Å². The number of halogens is 1. The fourth-order valence-electron chi connectivity index (χ4n) is 2.11. The van der Waals surface area contributed by atoms with Gasteiger partial charge in [0.1, 0.15) is 12.1 Å². The maximum atomic E-state index is 13.7. The van der Waals surface area contributed by atoms with Crippen LogP contribution in [0.3, 0.4) is 0 Å². The number of carbonyl (C=O) groups is 1. The lowest BCUT2D eigenvalue weighted by molar-refractivity contribution is -0.111. The molecule has 1 aliphatic heterocycles. The van der Waals surface area contributed by atoms with E-state index in [1.54, 1.807) is 12.1 Å². The van der Waals surface area contributed by atoms with Crippen molar-refractivity contribution in [3.05, 3.63) is 29.6 Å². The summed E-state index contributed by atoms with van der Waals surface area (Å²) in [5.74, 6) is -0.263. The Morgan fingerprint density at radius 1 is 1.37 bits per heavy atom. The Kier molecular flexibility index (Phi) is 6.01. The van der Waals surface area contributed by atoms with Gasteiger partial charge in [-0.1, -0.05) is 13.8 Å². The second-order valence-electron chi connectivity index (χ2n) is 4.24. The van der Waals surface area contributed by atoms with Crippen molar-refractivity contribution >= 4 is 12.0 Å². The zero-order chi connectivity index (χ0) is 14.3. The average molecular weight is 262 g/mol. The zero-order valence-corrected chi connectivity index (χ0v) is 11.4. The van der Waals surface area contributed by atoms with Crippen molar-refractivity contribution in [2.75, 3.05) is 18.0 Å². The monoisotopic (exact) mass is 262 g/mol. The lowest BCUT2D eigenvalue weighted by atomic mass is 9.98. The topological polar surface area (TPSA) is 44.1 Å². The van der Waals surface area contributed by atoms with Crippen molar-refractivity contribution in [3.8, 4) is 6.07 Å². The minimum absolute atomic E-state index is 0.104. The average Bonchev–Trinajstić information content (AvgIpc) is 2.49. The van der Waals surface area contributed by atoms with Crippen LogP contribution in [0.5, 0.6) is 0 Å². The molecule has 0 N–H and O–H groups in total. The largest absolute Gasteiger partial charge is 0.369 e. The molecule has 4 heteroatoms. The molecule has 102 valence electrons. The first-order valence-corrected chi connectivity index (χ1v) is 6.64. The van der Waals surface area contributed by atoms with Crippen molar-refractivity contribution < 1.29 is 9.18 Å². The van der Waals surface area contributed by atoms with Crippen LogP contribution in [0.4, 0.5) is 10.1 Å². The number of nitrogens with zero attached hydrogens (tertiary/aromatic N) is 2. The highest BCUT2D eigenvalue weighted by molar-refractivity contribution is 5.56. The maximum Gasteiger partial charge on any atom is 0.147 e. The summed E-state index contributed by atoms with van der Waals surface area (Å²) in [6.07, 6.45) is 2.51. The van der Waals surface area contributed by atoms with E-state index in [1.807, 2.05) is 24.8 Å². The van der Waals surface area contributed by atoms with Crippen LogP contribution in [0.25, 0.3) is 0 Å². The number of hydrogen-bond acceptors (Lipinski definition) is 3. The van der Waals surface area contributed by atoms with Crippen molar-refractivity contribution in [1.29, 1.82) is 5.26 Å². The molecular formula is C15H19FN2O. The molecule has 1 fully saturated rings. The summed E-state index contributed by atoms with van der Waals surface area (Å²) in [4.78, 5) is 12.6. The summed E-state index contributed by atoms with van der Waals surface area (Å²) in [7, 11) is 0. The fraction of sp³-hybridized carbons (Fsp3) is 0.467. The molecule has 19 heavy (non-hydrogen) atoms. The van der Waals surface area contributed by atoms with Crippen LogP contribution < -0.4 is 4.90 Å². The summed E-state index contributed by atoms with van der Waals surface area (Å²) < 4.78 is 13.7. The van der Waals surface area contributed by atoms with E-state index in [1.165, 1.54) is 6.07 Å². The molecule has 0 aliphatic carbocycles. The number of carbonyl (C=O) groups excluding carboxylic acids is 1. The Morgan fingerprint density at radius 3 is 2.47 bits per heavy atom. The van der Waals surface area contributed by atoms with Crippen LogP contribution in [0.1, 0.15) is 32.3 Å². The predicted molar refractivity (Wildman–Crippen MR) is 73.5 cm³/mol. The van der Waals surface area contributed by atoms with E-state index < -0.39 is 0 Å². The number of piperidine rings is 1. The van der Waals surface area contributed by atoms with Gasteiger partial charge in [0, 0.05) is 19.0 Å². The molecule has 0 amide bonds. The quantitative estimate of drug-likeness (QED) is 0.769. The Morgan fingerprint density at radius 2 is 2.00 bits per heavy atom. The van der Waals surface area contributed by atoms with Gasteiger partial charge in [-0.25, -0.2) is 4.39 Å². The minimum Gasteiger partial charge on any atom is -0.369 e. The molecule has 0 unspecified atom stereocenters. The van der Waals surface area contributed by atoms with Crippen LogP contribution in [0.2, 0.25) is 0 Å². The molecule has 1 aromatic carbocycles. The highest BCUT2D eigenvalue weighted by Gasteiger charge is 2.20. The molecule has 0 spiro atoms. The second-order valence-corrected chi connectivity index (χ2v) is 4.24. The Bertz CT molecular complexity index is 460. The number of aldehydes is 1. The number of anilines is 1. The number of hydrogen-bond donors (Lipinski definition) is 0. The Hall–Kier alpha value is -1.89. The third kappa shape index (κ3) is 3.78. The third-order valence-electron chi connectivity index (χ3n) is 3.15. The molecule has 0 atom stereocenters. The SMILES string of the molecule is CC.N#Cc1ccc(N2CCC(C=O)CC2)c(F)c1. The summed E-state index contributed by atoms with van der Waals surface area (Å²) >= 11 is 0. The zero-order valence-electron chi connectivity index (χ0n) is 11.4. The van der Waals surface area contributed by atoms with E-state index in [-0.39, 0.29) is 11.7 Å². The molecule has 1 heterocycles. The maximum absolute atomic E-state index is 13.7. The molecule has 0 aromatic heterocycles. The molecule has 2 rings (SSSR count). The lowest BCUT2D eigenvalue weighted by Gasteiger charge is -2.31. The molecule has 0 saturated carbocycles. The second kappa shape index (κ2) is 7.52. The van der Waals surface area contributed by atoms with E-state index in [9.17, 15) is 9.18 Å². The summed E-state index contributed by atoms with van der Waals surface area (Å²) in [5.41, 5.74) is 0.849. The Balaban J connectivity index is 0.000000861. The molecule has 1 aliphatic rings. The number of benzene rings is 1. The van der Waals surface area contributed by atoms with Crippen molar-refractivity contribution in [1.82, 2.24) is 0 Å². The number of rotatable bonds is 2. The predicted octanol–water partition coefficient (Wildman–Crippen LogP) is 3.14. The van der Waals surface area contributed by atoms with Gasteiger partial charge in [0.05, 0.1) is 17.3 Å². The molecule has 1 aromatic rings. The highest BCUT2D eigenvalue weighted by Crippen LogP contribution is 2.25. The molecule has 0 bridgehead atoms. The number of nitriles is 1. The first-order valence-electron chi connectivity index (χ1n) is 6.64. The molecular weight excluding hydrogens is 243 g/mol. The normalized spacial score (nSPS) is 15.2. The molecule has 3 nitrogen and oxygen atoms in total. The van der Waals surface area contributed by atoms with E-state index in [0.717, 1.165) is 19.1 Å². The van der Waals surface area contributed by atoms with Gasteiger partial charge in [0.2, 0.25) is 0 Å². The minimum atomic E-state index is -0.367. The first kappa shape index (κ1) is 15.2. The molecule has 1 saturated heterocycles. The van der Waals surface area contributed by atoms with Crippen molar-refractivity contribution in [2.45, 2.75) is 26.7 Å². The van der Waals surface area contributed by atoms with Crippen molar-refractivity contribution in [2.24, 2.45) is 5.92 Å². The van der Waals surface area contributed by atoms with E-state index in [0.29, 0.717) is 24.3 Å². The van der Waals surface area contributed by atoms with Gasteiger partial charge in [0.15, 0.2) is 0 Å². The highest BCUT2D eigenvalue weighted by atomic mass is 19.1. The van der Waals surface area contributed by atoms with Crippen LogP contribution in [-0.2, 0) is 4.79 Å². The van der Waals surface area contributed by atoms with Gasteiger partial charge < -0.3 is 9.69 Å². The van der Waals surface area contributed by atoms with E-state index >= 15 is 0 Å². The third-order valence-corrected chi connectivity index (χ3v) is 3.15. The van der Waals surface area contributed by atoms with Crippen LogP contribution in [0.15, 0.2) is 18.2 Å². The van der Waals surface area contributed by atoms with Gasteiger partial charge in [-0.2, -0.15) is 5.26 Å². The van der Waals surface area contributed by atoms with Gasteiger partial charge in [-0.3, -0.25) is 0 Å². The van der Waals surface area contributed by atoms with Gasteiger partial charge in [-0.15, -0.1) is 0 Å². The molecule has 0 radical (unpaired) electrons. The van der Waals surface area contributed by atoms with Crippen molar-refractivity contribution in [3.63, 3.8) is 0 Å². The van der Waals surface area contributed by atoms with E-state index in [4.69, 9.17) is 5.26 Å². The van der Waals surface area contributed by atoms with E-state index in [2.05, 4.69) is 0 Å². The van der Waals surface area contributed by atoms with Gasteiger partial charge in [0.25, 0.3) is 0 Å². The van der Waals surface area contributed by atoms with Gasteiger partial charge >= 0.3 is 0 Å². The Labute approximate surface area is 113 Å². The smallest absolute Gasteiger partial charge is 0.147 e. The summed E-state index contributed by atoms with van der Waals surface area (Å²) in [6, 6.07) is 6.41. The summed E-state index contributed by atoms with van der Waals surface area (Å²) in [6.45, 7) is 5.37. The fourth-order valence-corrected chi connectivity index (χ4v) is 2.11. The standard InChI is InChI=1S/C13H13FN2O.C2H6/c14-12-7-11(8-15)1-2-13(12)16-5-3-10(9-17)4-6-16;1-2/h1-2,7,9-10H,3-6H2;1-2H3. The summed E-state index contributed by atoms with van der Waals surface area (Å²) in [5, 5.41) is 8.66. The van der Waals surface area contributed by atoms with Crippen LogP contribution in [0, 0.1) is 23.1 Å². The first-order chi connectivity index (χ1) is 9.24.